The fourth-order valence-corrected chi connectivity index (χ4v) is 3.02. The summed E-state index contributed by atoms with van der Waals surface area (Å²) in [4.78, 5) is 12.4. The van der Waals surface area contributed by atoms with Gasteiger partial charge in [0.15, 0.2) is 0 Å². The van der Waals surface area contributed by atoms with Crippen LogP contribution in [0, 0.1) is 0 Å². The summed E-state index contributed by atoms with van der Waals surface area (Å²) in [5.74, 6) is -0.286. The molecule has 1 unspecified atom stereocenters. The predicted octanol–water partition coefficient (Wildman–Crippen LogP) is 2.25. The lowest BCUT2D eigenvalue weighted by atomic mass is 10.2. The molecule has 0 aliphatic rings. The highest BCUT2D eigenvalue weighted by Crippen LogP contribution is 2.37. The van der Waals surface area contributed by atoms with Gasteiger partial charge >= 0.3 is 0 Å². The van der Waals surface area contributed by atoms with Crippen LogP contribution in [0.4, 0.5) is 5.69 Å². The van der Waals surface area contributed by atoms with Gasteiger partial charge in [-0.25, -0.2) is 0 Å². The van der Waals surface area contributed by atoms with Crippen LogP contribution < -0.4 is 11.1 Å². The summed E-state index contributed by atoms with van der Waals surface area (Å²) in [6.45, 7) is 1.60. The van der Waals surface area contributed by atoms with Gasteiger partial charge in [-0.05, 0) is 19.1 Å². The Morgan fingerprint density at radius 1 is 1.61 bits per heavy atom. The molecule has 4 N–H and O–H groups in total. The number of carbonyl (C=O) groups excluding carboxylic acids is 1. The first-order valence-corrected chi connectivity index (χ1v) is 6.62. The minimum atomic E-state index is -0.308. The van der Waals surface area contributed by atoms with Gasteiger partial charge in [0.25, 0.3) is 5.91 Å². The summed E-state index contributed by atoms with van der Waals surface area (Å²) in [5, 5.41) is 12.8. The first-order chi connectivity index (χ1) is 8.54. The molecule has 1 atom stereocenters. The highest BCUT2D eigenvalue weighted by atomic mass is 35.5. The molecule has 2 aromatic rings. The number of fused-ring (bicyclic) bond motifs is 1. The zero-order chi connectivity index (χ0) is 13.3. The first-order valence-electron chi connectivity index (χ1n) is 5.42. The Hall–Kier alpha value is -1.30. The Morgan fingerprint density at radius 3 is 2.94 bits per heavy atom. The summed E-state index contributed by atoms with van der Waals surface area (Å²) in [5.41, 5.74) is 6.35. The SMILES string of the molecule is CC(CO)NC(=O)c1sc2cccc(Cl)c2c1N. The number of thiophene rings is 1. The van der Waals surface area contributed by atoms with E-state index in [9.17, 15) is 4.79 Å². The lowest BCUT2D eigenvalue weighted by Crippen LogP contribution is -2.34. The number of rotatable bonds is 3. The third kappa shape index (κ3) is 2.29. The molecule has 1 heterocycles. The number of benzene rings is 1. The molecule has 1 aromatic carbocycles. The van der Waals surface area contributed by atoms with Gasteiger partial charge in [-0.2, -0.15) is 0 Å². The van der Waals surface area contributed by atoms with E-state index < -0.39 is 0 Å². The van der Waals surface area contributed by atoms with Crippen molar-refractivity contribution in [3.05, 3.63) is 28.1 Å². The lowest BCUT2D eigenvalue weighted by Gasteiger charge is -2.09. The van der Waals surface area contributed by atoms with Gasteiger partial charge in [0, 0.05) is 16.1 Å². The molecular formula is C12H13ClN2O2S. The molecule has 0 saturated heterocycles. The van der Waals surface area contributed by atoms with E-state index in [2.05, 4.69) is 5.32 Å². The molecule has 0 aliphatic heterocycles. The second kappa shape index (κ2) is 5.14. The number of anilines is 1. The van der Waals surface area contributed by atoms with Crippen LogP contribution in [-0.4, -0.2) is 23.7 Å². The average molecular weight is 285 g/mol. The van der Waals surface area contributed by atoms with E-state index in [4.69, 9.17) is 22.4 Å². The van der Waals surface area contributed by atoms with Gasteiger partial charge < -0.3 is 16.2 Å². The Kier molecular flexibility index (Phi) is 3.75. The number of nitrogen functional groups attached to an aromatic ring is 1. The second-order valence-electron chi connectivity index (χ2n) is 4.01. The number of aliphatic hydroxyl groups excluding tert-OH is 1. The minimum Gasteiger partial charge on any atom is -0.397 e. The molecule has 1 aromatic heterocycles. The fraction of sp³-hybridized carbons (Fsp3) is 0.250. The Labute approximate surface area is 113 Å². The zero-order valence-corrected chi connectivity index (χ0v) is 11.3. The van der Waals surface area contributed by atoms with Crippen molar-refractivity contribution >= 4 is 44.6 Å². The largest absolute Gasteiger partial charge is 0.397 e. The summed E-state index contributed by atoms with van der Waals surface area (Å²) >= 11 is 7.36. The highest BCUT2D eigenvalue weighted by molar-refractivity contribution is 7.21. The smallest absolute Gasteiger partial charge is 0.263 e. The maximum atomic E-state index is 12.0. The number of hydrogen-bond acceptors (Lipinski definition) is 4. The number of carbonyl (C=O) groups is 1. The van der Waals surface area contributed by atoms with Gasteiger partial charge in [0.2, 0.25) is 0 Å². The highest BCUT2D eigenvalue weighted by Gasteiger charge is 2.18. The predicted molar refractivity (Wildman–Crippen MR) is 75.3 cm³/mol. The van der Waals surface area contributed by atoms with Gasteiger partial charge in [-0.3, -0.25) is 4.79 Å². The van der Waals surface area contributed by atoms with Crippen LogP contribution in [0.2, 0.25) is 5.02 Å². The molecule has 0 spiro atoms. The zero-order valence-electron chi connectivity index (χ0n) is 9.74. The second-order valence-corrected chi connectivity index (χ2v) is 5.47. The Bertz CT molecular complexity index is 597. The topological polar surface area (TPSA) is 75.3 Å². The molecular weight excluding hydrogens is 272 g/mol. The number of amides is 1. The quantitative estimate of drug-likeness (QED) is 0.809. The molecule has 0 radical (unpaired) electrons. The van der Waals surface area contributed by atoms with Crippen LogP contribution in [0.3, 0.4) is 0 Å². The molecule has 0 fully saturated rings. The van der Waals surface area contributed by atoms with E-state index in [-0.39, 0.29) is 18.6 Å². The van der Waals surface area contributed by atoms with E-state index in [1.54, 1.807) is 13.0 Å². The van der Waals surface area contributed by atoms with Crippen molar-refractivity contribution in [1.82, 2.24) is 5.32 Å². The van der Waals surface area contributed by atoms with E-state index in [0.717, 1.165) is 4.70 Å². The molecule has 4 nitrogen and oxygen atoms in total. The molecule has 0 bridgehead atoms. The van der Waals surface area contributed by atoms with E-state index in [0.29, 0.717) is 21.0 Å². The number of nitrogens with one attached hydrogen (secondary N) is 1. The monoisotopic (exact) mass is 284 g/mol. The maximum Gasteiger partial charge on any atom is 0.263 e. The van der Waals surface area contributed by atoms with Crippen molar-refractivity contribution in [2.75, 3.05) is 12.3 Å². The van der Waals surface area contributed by atoms with Gasteiger partial charge in [0.1, 0.15) is 4.88 Å². The Morgan fingerprint density at radius 2 is 2.33 bits per heavy atom. The molecule has 6 heteroatoms. The van der Waals surface area contributed by atoms with Crippen LogP contribution in [0.1, 0.15) is 16.6 Å². The van der Waals surface area contributed by atoms with Crippen molar-refractivity contribution < 1.29 is 9.90 Å². The van der Waals surface area contributed by atoms with Gasteiger partial charge in [-0.1, -0.05) is 17.7 Å². The van der Waals surface area contributed by atoms with Crippen molar-refractivity contribution in [2.24, 2.45) is 0 Å². The van der Waals surface area contributed by atoms with Crippen LogP contribution in [0.15, 0.2) is 18.2 Å². The van der Waals surface area contributed by atoms with E-state index >= 15 is 0 Å². The van der Waals surface area contributed by atoms with Crippen molar-refractivity contribution in [2.45, 2.75) is 13.0 Å². The Balaban J connectivity index is 2.43. The molecule has 96 valence electrons. The molecule has 2 rings (SSSR count). The third-order valence-electron chi connectivity index (χ3n) is 2.56. The van der Waals surface area contributed by atoms with Crippen LogP contribution in [-0.2, 0) is 0 Å². The van der Waals surface area contributed by atoms with E-state index in [1.165, 1.54) is 11.3 Å². The minimum absolute atomic E-state index is 0.114. The number of aliphatic hydroxyl groups is 1. The van der Waals surface area contributed by atoms with Crippen LogP contribution in [0.25, 0.3) is 10.1 Å². The average Bonchev–Trinajstić information content (AvgIpc) is 2.68. The molecule has 0 aliphatic carbocycles. The van der Waals surface area contributed by atoms with Crippen LogP contribution in [0.5, 0.6) is 0 Å². The lowest BCUT2D eigenvalue weighted by molar-refractivity contribution is 0.0927. The summed E-state index contributed by atoms with van der Waals surface area (Å²) in [7, 11) is 0. The first kappa shape index (κ1) is 13.1. The van der Waals surface area contributed by atoms with Gasteiger partial charge in [-0.15, -0.1) is 11.3 Å². The molecule has 1 amide bonds. The number of nitrogens with two attached hydrogens (primary N) is 1. The van der Waals surface area contributed by atoms with E-state index in [1.807, 2.05) is 12.1 Å². The number of hydrogen-bond donors (Lipinski definition) is 3. The fourth-order valence-electron chi connectivity index (χ4n) is 1.63. The summed E-state index contributed by atoms with van der Waals surface area (Å²) in [6, 6.07) is 5.12. The summed E-state index contributed by atoms with van der Waals surface area (Å²) < 4.78 is 0.877. The van der Waals surface area contributed by atoms with Gasteiger partial charge in [0.05, 0.1) is 17.3 Å². The van der Waals surface area contributed by atoms with Crippen molar-refractivity contribution in [3.8, 4) is 0 Å². The normalized spacial score (nSPS) is 12.6. The standard InChI is InChI=1S/C12H13ClN2O2S/c1-6(5-16)15-12(17)11-10(14)9-7(13)3-2-4-8(9)18-11/h2-4,6,16H,5,14H2,1H3,(H,15,17). The molecule has 0 saturated carbocycles. The third-order valence-corrected chi connectivity index (χ3v) is 4.04. The van der Waals surface area contributed by atoms with Crippen molar-refractivity contribution in [3.63, 3.8) is 0 Å². The van der Waals surface area contributed by atoms with Crippen molar-refractivity contribution in [1.29, 1.82) is 0 Å². The summed E-state index contributed by atoms with van der Waals surface area (Å²) in [6.07, 6.45) is 0. The van der Waals surface area contributed by atoms with Crippen LogP contribution >= 0.6 is 22.9 Å². The maximum absolute atomic E-state index is 12.0. The number of halogens is 1. The molecule has 18 heavy (non-hydrogen) atoms.